The molecule has 30 heavy (non-hydrogen) atoms. The summed E-state index contributed by atoms with van der Waals surface area (Å²) in [5, 5.41) is 7.16. The molecule has 1 aliphatic rings. The third-order valence-electron chi connectivity index (χ3n) is 5.24. The van der Waals surface area contributed by atoms with Gasteiger partial charge in [0.2, 0.25) is 5.88 Å². The van der Waals surface area contributed by atoms with E-state index in [9.17, 15) is 14.4 Å². The van der Waals surface area contributed by atoms with Crippen LogP contribution in [0.4, 0.5) is 5.69 Å². The van der Waals surface area contributed by atoms with E-state index in [1.807, 2.05) is 6.92 Å². The molecule has 3 rings (SSSR count). The number of carbonyl (C=O) groups is 3. The van der Waals surface area contributed by atoms with E-state index in [0.29, 0.717) is 12.1 Å². The Bertz CT molecular complexity index is 993. The molecule has 1 saturated heterocycles. The van der Waals surface area contributed by atoms with Crippen LogP contribution in [0.2, 0.25) is 0 Å². The molecule has 1 aliphatic heterocycles. The van der Waals surface area contributed by atoms with Crippen LogP contribution in [0.15, 0.2) is 12.3 Å². The zero-order valence-electron chi connectivity index (χ0n) is 17.6. The molecule has 0 saturated carbocycles. The zero-order valence-corrected chi connectivity index (χ0v) is 17.6. The average molecular weight is 414 g/mol. The number of hydrogen-bond acceptors (Lipinski definition) is 7. The highest BCUT2D eigenvalue weighted by molar-refractivity contribution is 6.10. The Balaban J connectivity index is 1.99. The van der Waals surface area contributed by atoms with Gasteiger partial charge in [0, 0.05) is 24.8 Å². The van der Waals surface area contributed by atoms with Crippen LogP contribution in [0, 0.1) is 0 Å². The normalized spacial score (nSPS) is 14.3. The number of primary amides is 1. The van der Waals surface area contributed by atoms with E-state index in [4.69, 9.17) is 10.5 Å². The number of rotatable bonds is 8. The lowest BCUT2D eigenvalue weighted by atomic mass is 10.1. The average Bonchev–Trinajstić information content (AvgIpc) is 3.04. The summed E-state index contributed by atoms with van der Waals surface area (Å²) in [6.07, 6.45) is 1.89. The number of Topliss-reactive ketones (excluding diaryl/α,β-unsaturated/α-hetero) is 1. The number of carbonyl (C=O) groups excluding carboxylic acids is 3. The maximum atomic E-state index is 13.0. The number of ketones is 1. The minimum Gasteiger partial charge on any atom is -0.480 e. The SMILES string of the molecule is CCc1c(NC(=O)c2cc(C(C)=O)cnc2OC)c(C(N)=O)nn1C1CN(CC)C1. The van der Waals surface area contributed by atoms with Gasteiger partial charge in [-0.25, -0.2) is 4.98 Å². The van der Waals surface area contributed by atoms with Gasteiger partial charge in [-0.3, -0.25) is 24.0 Å². The zero-order chi connectivity index (χ0) is 22.0. The standard InChI is InChI=1S/C20H26N6O4/c1-5-15-16(17(18(21)28)24-26(15)13-9-25(6-2)10-13)23-19(29)14-7-12(11(3)27)8-22-20(14)30-4/h7-8,13H,5-6,9-10H2,1-4H3,(H2,21,28)(H,23,29). The molecule has 3 heterocycles. The Hall–Kier alpha value is -3.27. The van der Waals surface area contributed by atoms with Gasteiger partial charge < -0.3 is 15.8 Å². The summed E-state index contributed by atoms with van der Waals surface area (Å²) in [6.45, 7) is 7.95. The first-order chi connectivity index (χ1) is 14.3. The molecule has 10 heteroatoms. The van der Waals surface area contributed by atoms with E-state index in [1.165, 1.54) is 26.3 Å². The van der Waals surface area contributed by atoms with Gasteiger partial charge in [0.05, 0.1) is 24.5 Å². The van der Waals surface area contributed by atoms with Gasteiger partial charge in [0.15, 0.2) is 11.5 Å². The smallest absolute Gasteiger partial charge is 0.271 e. The molecule has 0 unspecified atom stereocenters. The van der Waals surface area contributed by atoms with Crippen LogP contribution in [0.25, 0.3) is 0 Å². The molecular weight excluding hydrogens is 388 g/mol. The number of hydrogen-bond donors (Lipinski definition) is 2. The number of anilines is 1. The first-order valence-electron chi connectivity index (χ1n) is 9.80. The third-order valence-corrected chi connectivity index (χ3v) is 5.24. The predicted molar refractivity (Wildman–Crippen MR) is 110 cm³/mol. The van der Waals surface area contributed by atoms with Crippen molar-refractivity contribution in [1.29, 1.82) is 0 Å². The fourth-order valence-electron chi connectivity index (χ4n) is 3.52. The van der Waals surface area contributed by atoms with Crippen LogP contribution in [0.3, 0.4) is 0 Å². The Kier molecular flexibility index (Phi) is 6.16. The number of nitrogens with zero attached hydrogens (tertiary/aromatic N) is 4. The molecule has 0 bridgehead atoms. The monoisotopic (exact) mass is 414 g/mol. The van der Waals surface area contributed by atoms with Crippen molar-refractivity contribution in [3.63, 3.8) is 0 Å². The van der Waals surface area contributed by atoms with Crippen molar-refractivity contribution in [2.75, 3.05) is 32.1 Å². The van der Waals surface area contributed by atoms with Crippen molar-refractivity contribution < 1.29 is 19.1 Å². The number of amides is 2. The van der Waals surface area contributed by atoms with Crippen LogP contribution < -0.4 is 15.8 Å². The van der Waals surface area contributed by atoms with Crippen LogP contribution >= 0.6 is 0 Å². The summed E-state index contributed by atoms with van der Waals surface area (Å²) in [4.78, 5) is 43.1. The number of likely N-dealkylation sites (N-methyl/N-ethyl adjacent to an activating group) is 1. The molecule has 2 aromatic rings. The van der Waals surface area contributed by atoms with E-state index in [1.54, 1.807) is 4.68 Å². The second-order valence-corrected chi connectivity index (χ2v) is 7.13. The van der Waals surface area contributed by atoms with Crippen molar-refractivity contribution in [2.45, 2.75) is 33.2 Å². The molecule has 2 amide bonds. The van der Waals surface area contributed by atoms with Gasteiger partial charge in [-0.05, 0) is 26.0 Å². The summed E-state index contributed by atoms with van der Waals surface area (Å²) >= 11 is 0. The van der Waals surface area contributed by atoms with Crippen LogP contribution in [-0.4, -0.2) is 64.0 Å². The number of aromatic nitrogens is 3. The molecule has 3 N–H and O–H groups in total. The van der Waals surface area contributed by atoms with Crippen LogP contribution in [-0.2, 0) is 6.42 Å². The summed E-state index contributed by atoms with van der Waals surface area (Å²) in [7, 11) is 1.38. The first-order valence-corrected chi connectivity index (χ1v) is 9.80. The van der Waals surface area contributed by atoms with E-state index in [2.05, 4.69) is 27.2 Å². The highest BCUT2D eigenvalue weighted by Gasteiger charge is 2.33. The number of nitrogens with one attached hydrogen (secondary N) is 1. The number of methoxy groups -OCH3 is 1. The van der Waals surface area contributed by atoms with Gasteiger partial charge in [-0.1, -0.05) is 13.8 Å². The molecule has 0 radical (unpaired) electrons. The molecule has 10 nitrogen and oxygen atoms in total. The van der Waals surface area contributed by atoms with E-state index >= 15 is 0 Å². The fourth-order valence-corrected chi connectivity index (χ4v) is 3.52. The van der Waals surface area contributed by atoms with Gasteiger partial charge in [0.1, 0.15) is 5.56 Å². The Morgan fingerprint density at radius 2 is 2.00 bits per heavy atom. The van der Waals surface area contributed by atoms with Crippen LogP contribution in [0.5, 0.6) is 5.88 Å². The van der Waals surface area contributed by atoms with Crippen molar-refractivity contribution in [2.24, 2.45) is 5.73 Å². The molecule has 160 valence electrons. The fraction of sp³-hybridized carbons (Fsp3) is 0.450. The van der Waals surface area contributed by atoms with Crippen molar-refractivity contribution in [1.82, 2.24) is 19.7 Å². The van der Waals surface area contributed by atoms with E-state index < -0.39 is 11.8 Å². The van der Waals surface area contributed by atoms with Crippen LogP contribution in [0.1, 0.15) is 63.7 Å². The largest absolute Gasteiger partial charge is 0.480 e. The lowest BCUT2D eigenvalue weighted by Crippen LogP contribution is -2.48. The lowest BCUT2D eigenvalue weighted by molar-refractivity contribution is 0.0967. The lowest BCUT2D eigenvalue weighted by Gasteiger charge is -2.39. The number of pyridine rings is 1. The van der Waals surface area contributed by atoms with Gasteiger partial charge in [0.25, 0.3) is 11.8 Å². The Labute approximate surface area is 174 Å². The Morgan fingerprint density at radius 3 is 2.53 bits per heavy atom. The maximum Gasteiger partial charge on any atom is 0.271 e. The van der Waals surface area contributed by atoms with Gasteiger partial charge in [-0.2, -0.15) is 5.10 Å². The van der Waals surface area contributed by atoms with Crippen molar-refractivity contribution in [3.05, 3.63) is 34.8 Å². The highest BCUT2D eigenvalue weighted by Crippen LogP contribution is 2.30. The summed E-state index contributed by atoms with van der Waals surface area (Å²) in [5.41, 5.74) is 6.89. The second-order valence-electron chi connectivity index (χ2n) is 7.13. The van der Waals surface area contributed by atoms with E-state index in [-0.39, 0.29) is 40.2 Å². The van der Waals surface area contributed by atoms with E-state index in [0.717, 1.165) is 19.6 Å². The summed E-state index contributed by atoms with van der Waals surface area (Å²) in [5.74, 6) is -1.46. The van der Waals surface area contributed by atoms with Crippen molar-refractivity contribution in [3.8, 4) is 5.88 Å². The summed E-state index contributed by atoms with van der Waals surface area (Å²) < 4.78 is 6.95. The molecule has 1 fully saturated rings. The molecular formula is C20H26N6O4. The second kappa shape index (κ2) is 8.62. The molecule has 2 aromatic heterocycles. The molecule has 0 spiro atoms. The first kappa shape index (κ1) is 21.4. The minimum atomic E-state index is -0.729. The quantitative estimate of drug-likeness (QED) is 0.622. The highest BCUT2D eigenvalue weighted by atomic mass is 16.5. The topological polar surface area (TPSA) is 132 Å². The van der Waals surface area contributed by atoms with Gasteiger partial charge in [-0.15, -0.1) is 0 Å². The van der Waals surface area contributed by atoms with Crippen molar-refractivity contribution >= 4 is 23.3 Å². The molecule has 0 atom stereocenters. The van der Waals surface area contributed by atoms with Gasteiger partial charge >= 0.3 is 0 Å². The number of nitrogens with two attached hydrogens (primary N) is 1. The molecule has 0 aliphatic carbocycles. The predicted octanol–water partition coefficient (Wildman–Crippen LogP) is 1.28. The summed E-state index contributed by atoms with van der Waals surface area (Å²) in [6, 6.07) is 1.52. The third kappa shape index (κ3) is 3.90. The Morgan fingerprint density at radius 1 is 1.30 bits per heavy atom. The minimum absolute atomic E-state index is 0.00444. The number of ether oxygens (including phenoxy) is 1. The molecule has 0 aromatic carbocycles. The maximum absolute atomic E-state index is 13.0. The number of likely N-dealkylation sites (tertiary alicyclic amines) is 1.